The molecule has 3 atom stereocenters. The second-order valence-electron chi connectivity index (χ2n) is 7.56. The van der Waals surface area contributed by atoms with Crippen LogP contribution in [0.25, 0.3) is 0 Å². The lowest BCUT2D eigenvalue weighted by Gasteiger charge is -2.40. The Morgan fingerprint density at radius 2 is 1.71 bits per heavy atom. The van der Waals surface area contributed by atoms with E-state index in [1.807, 2.05) is 0 Å². The summed E-state index contributed by atoms with van der Waals surface area (Å²) in [6, 6.07) is 10.8. The Morgan fingerprint density at radius 3 is 2.33 bits per heavy atom. The number of rotatable bonds is 3. The van der Waals surface area contributed by atoms with Crippen molar-refractivity contribution in [2.75, 3.05) is 7.05 Å². The minimum absolute atomic E-state index is 0.249. The zero-order chi connectivity index (χ0) is 14.4. The van der Waals surface area contributed by atoms with Crippen LogP contribution in [0, 0.1) is 5.92 Å². The number of nitrogens with zero attached hydrogens (tertiary/aromatic N) is 1. The lowest BCUT2D eigenvalue weighted by atomic mass is 9.74. The van der Waals surface area contributed by atoms with Gasteiger partial charge in [-0.1, -0.05) is 30.7 Å². The van der Waals surface area contributed by atoms with Gasteiger partial charge in [0.25, 0.3) is 0 Å². The molecular weight excluding hydrogens is 256 g/mol. The summed E-state index contributed by atoms with van der Waals surface area (Å²) in [5.41, 5.74) is 9.78. The molecule has 1 aromatic carbocycles. The molecular formula is C19H28N2. The molecule has 0 aromatic heterocycles. The highest BCUT2D eigenvalue weighted by Gasteiger charge is 2.41. The summed E-state index contributed by atoms with van der Waals surface area (Å²) in [6.45, 7) is 0. The first-order valence-corrected chi connectivity index (χ1v) is 8.80. The molecule has 2 nitrogen and oxygen atoms in total. The summed E-state index contributed by atoms with van der Waals surface area (Å²) in [6.07, 6.45) is 9.49. The van der Waals surface area contributed by atoms with Gasteiger partial charge in [-0.15, -0.1) is 0 Å². The molecule has 1 aliphatic carbocycles. The maximum Gasteiger partial charge on any atom is 0.0327 e. The van der Waals surface area contributed by atoms with Gasteiger partial charge in [-0.05, 0) is 68.5 Å². The van der Waals surface area contributed by atoms with Crippen molar-refractivity contribution in [1.29, 1.82) is 0 Å². The van der Waals surface area contributed by atoms with Crippen LogP contribution in [0.4, 0.5) is 0 Å². The van der Waals surface area contributed by atoms with Gasteiger partial charge in [0.15, 0.2) is 0 Å². The van der Waals surface area contributed by atoms with Crippen molar-refractivity contribution < 1.29 is 0 Å². The molecule has 2 saturated heterocycles. The Bertz CT molecular complexity index is 494. The van der Waals surface area contributed by atoms with E-state index in [0.29, 0.717) is 5.92 Å². The summed E-state index contributed by atoms with van der Waals surface area (Å²) < 4.78 is 0. The molecule has 2 bridgehead atoms. The third-order valence-corrected chi connectivity index (χ3v) is 6.54. The van der Waals surface area contributed by atoms with E-state index >= 15 is 0 Å². The second-order valence-corrected chi connectivity index (χ2v) is 7.56. The average Bonchev–Trinajstić information content (AvgIpc) is 2.67. The van der Waals surface area contributed by atoms with Crippen LogP contribution in [0.5, 0.6) is 0 Å². The SMILES string of the molecule is CN1C2CCC1CC(C(N)c1ccccc1C1CCC1)C2. The monoisotopic (exact) mass is 284 g/mol. The lowest BCUT2D eigenvalue weighted by molar-refractivity contribution is 0.120. The highest BCUT2D eigenvalue weighted by molar-refractivity contribution is 5.34. The minimum atomic E-state index is 0.249. The summed E-state index contributed by atoms with van der Waals surface area (Å²) >= 11 is 0. The van der Waals surface area contributed by atoms with Crippen LogP contribution in [0.1, 0.15) is 68.0 Å². The number of fused-ring (bicyclic) bond motifs is 2. The fourth-order valence-corrected chi connectivity index (χ4v) is 4.91. The third-order valence-electron chi connectivity index (χ3n) is 6.54. The van der Waals surface area contributed by atoms with E-state index in [1.165, 1.54) is 50.5 Å². The molecule has 0 spiro atoms. The van der Waals surface area contributed by atoms with Crippen LogP contribution in [0.2, 0.25) is 0 Å². The van der Waals surface area contributed by atoms with Gasteiger partial charge in [-0.25, -0.2) is 0 Å². The van der Waals surface area contributed by atoms with Crippen molar-refractivity contribution in [2.45, 2.75) is 69.0 Å². The van der Waals surface area contributed by atoms with E-state index in [1.54, 1.807) is 5.56 Å². The molecule has 4 rings (SSSR count). The van der Waals surface area contributed by atoms with Crippen LogP contribution in [-0.2, 0) is 0 Å². The first kappa shape index (κ1) is 13.8. The maximum atomic E-state index is 6.77. The van der Waals surface area contributed by atoms with Gasteiger partial charge < -0.3 is 10.6 Å². The first-order chi connectivity index (χ1) is 10.2. The smallest absolute Gasteiger partial charge is 0.0327 e. The summed E-state index contributed by atoms with van der Waals surface area (Å²) in [7, 11) is 2.31. The second kappa shape index (κ2) is 5.40. The molecule has 3 fully saturated rings. The van der Waals surface area contributed by atoms with Crippen LogP contribution < -0.4 is 5.73 Å². The maximum absolute atomic E-state index is 6.77. The fourth-order valence-electron chi connectivity index (χ4n) is 4.91. The van der Waals surface area contributed by atoms with Gasteiger partial charge in [0, 0.05) is 18.1 Å². The number of hydrogen-bond donors (Lipinski definition) is 1. The number of nitrogens with two attached hydrogens (primary N) is 1. The van der Waals surface area contributed by atoms with E-state index in [2.05, 4.69) is 36.2 Å². The lowest BCUT2D eigenvalue weighted by Crippen LogP contribution is -2.43. The predicted octanol–water partition coefficient (Wildman–Crippen LogP) is 3.83. The molecule has 2 aliphatic heterocycles. The normalized spacial score (nSPS) is 34.7. The van der Waals surface area contributed by atoms with Gasteiger partial charge in [-0.3, -0.25) is 0 Å². The van der Waals surface area contributed by atoms with Gasteiger partial charge in [0.2, 0.25) is 0 Å². The zero-order valence-electron chi connectivity index (χ0n) is 13.2. The van der Waals surface area contributed by atoms with Gasteiger partial charge >= 0.3 is 0 Å². The van der Waals surface area contributed by atoms with Crippen LogP contribution in [0.3, 0.4) is 0 Å². The van der Waals surface area contributed by atoms with E-state index in [0.717, 1.165) is 18.0 Å². The van der Waals surface area contributed by atoms with Crippen molar-refractivity contribution in [3.8, 4) is 0 Å². The average molecular weight is 284 g/mol. The van der Waals surface area contributed by atoms with E-state index in [9.17, 15) is 0 Å². The number of benzene rings is 1. The van der Waals surface area contributed by atoms with Crippen LogP contribution in [-0.4, -0.2) is 24.0 Å². The Balaban J connectivity index is 1.56. The van der Waals surface area contributed by atoms with Crippen LogP contribution in [0.15, 0.2) is 24.3 Å². The Labute approximate surface area is 128 Å². The van der Waals surface area contributed by atoms with E-state index in [4.69, 9.17) is 5.73 Å². The highest BCUT2D eigenvalue weighted by atomic mass is 15.2. The molecule has 2 heteroatoms. The minimum Gasteiger partial charge on any atom is -0.324 e. The molecule has 114 valence electrons. The molecule has 2 heterocycles. The van der Waals surface area contributed by atoms with E-state index < -0.39 is 0 Å². The third kappa shape index (κ3) is 2.33. The summed E-state index contributed by atoms with van der Waals surface area (Å²) in [5, 5.41) is 0. The topological polar surface area (TPSA) is 29.3 Å². The quantitative estimate of drug-likeness (QED) is 0.914. The Morgan fingerprint density at radius 1 is 1.05 bits per heavy atom. The largest absolute Gasteiger partial charge is 0.324 e. The molecule has 0 amide bonds. The molecule has 21 heavy (non-hydrogen) atoms. The first-order valence-electron chi connectivity index (χ1n) is 8.80. The number of piperidine rings is 1. The van der Waals surface area contributed by atoms with Crippen LogP contribution >= 0.6 is 0 Å². The van der Waals surface area contributed by atoms with Crippen molar-refractivity contribution >= 4 is 0 Å². The predicted molar refractivity (Wildman–Crippen MR) is 87.3 cm³/mol. The van der Waals surface area contributed by atoms with E-state index in [-0.39, 0.29) is 6.04 Å². The molecule has 1 saturated carbocycles. The summed E-state index contributed by atoms with van der Waals surface area (Å²) in [4.78, 5) is 2.61. The van der Waals surface area contributed by atoms with Gasteiger partial charge in [-0.2, -0.15) is 0 Å². The number of hydrogen-bond acceptors (Lipinski definition) is 2. The van der Waals surface area contributed by atoms with Crippen molar-refractivity contribution in [3.63, 3.8) is 0 Å². The van der Waals surface area contributed by atoms with Gasteiger partial charge in [0.05, 0.1) is 0 Å². The molecule has 1 aromatic rings. The Hall–Kier alpha value is -0.860. The summed E-state index contributed by atoms with van der Waals surface area (Å²) in [5.74, 6) is 1.47. The highest BCUT2D eigenvalue weighted by Crippen LogP contribution is 2.45. The van der Waals surface area contributed by atoms with Gasteiger partial charge in [0.1, 0.15) is 0 Å². The van der Waals surface area contributed by atoms with Crippen molar-refractivity contribution in [3.05, 3.63) is 35.4 Å². The fraction of sp³-hybridized carbons (Fsp3) is 0.684. The zero-order valence-corrected chi connectivity index (χ0v) is 13.2. The van der Waals surface area contributed by atoms with Crippen molar-refractivity contribution in [2.24, 2.45) is 11.7 Å². The standard InChI is InChI=1S/C19H28N2/c1-21-15-9-10-16(21)12-14(11-15)19(20)18-8-3-2-7-17(18)13-5-4-6-13/h2-3,7-8,13-16,19H,4-6,9-12,20H2,1H3. The molecule has 0 radical (unpaired) electrons. The molecule has 2 N–H and O–H groups in total. The molecule has 3 unspecified atom stereocenters. The Kier molecular flexibility index (Phi) is 3.55. The molecule has 3 aliphatic rings. The van der Waals surface area contributed by atoms with Crippen molar-refractivity contribution in [1.82, 2.24) is 4.90 Å².